The highest BCUT2D eigenvalue weighted by atomic mass is 32.2. The van der Waals surface area contributed by atoms with Gasteiger partial charge in [0.25, 0.3) is 0 Å². The van der Waals surface area contributed by atoms with Gasteiger partial charge in [0.05, 0.1) is 11.5 Å². The molecule has 2 aromatic carbocycles. The summed E-state index contributed by atoms with van der Waals surface area (Å²) in [5.74, 6) is -0.312. The fourth-order valence-corrected chi connectivity index (χ4v) is 4.74. The van der Waals surface area contributed by atoms with Crippen molar-refractivity contribution in [3.8, 4) is 0 Å². The van der Waals surface area contributed by atoms with Crippen LogP contribution in [0.4, 0.5) is 4.79 Å². The fourth-order valence-electron chi connectivity index (χ4n) is 3.55. The SMILES string of the molecule is CCOC(=O)N1CCN(C(=O)[C@@H](Cc2ccccc2)NS(=O)(=O)c2ccc(C)cc2)CC1. The maximum Gasteiger partial charge on any atom is 0.409 e. The zero-order valence-corrected chi connectivity index (χ0v) is 19.2. The molecule has 32 heavy (non-hydrogen) atoms. The van der Waals surface area contributed by atoms with Gasteiger partial charge >= 0.3 is 6.09 Å². The largest absolute Gasteiger partial charge is 0.450 e. The van der Waals surface area contributed by atoms with Crippen LogP contribution in [-0.2, 0) is 26.0 Å². The Balaban J connectivity index is 1.76. The Kier molecular flexibility index (Phi) is 7.87. The second-order valence-electron chi connectivity index (χ2n) is 7.69. The zero-order chi connectivity index (χ0) is 23.1. The number of sulfonamides is 1. The van der Waals surface area contributed by atoms with Gasteiger partial charge < -0.3 is 14.5 Å². The Bertz CT molecular complexity index is 1020. The number of carbonyl (C=O) groups is 2. The van der Waals surface area contributed by atoms with Crippen molar-refractivity contribution < 1.29 is 22.7 Å². The highest BCUT2D eigenvalue weighted by Gasteiger charge is 2.32. The van der Waals surface area contributed by atoms with E-state index in [0.717, 1.165) is 11.1 Å². The summed E-state index contributed by atoms with van der Waals surface area (Å²) in [5, 5.41) is 0. The average Bonchev–Trinajstić information content (AvgIpc) is 2.79. The number of hydrogen-bond donors (Lipinski definition) is 1. The lowest BCUT2D eigenvalue weighted by atomic mass is 10.1. The summed E-state index contributed by atoms with van der Waals surface area (Å²) in [7, 11) is -3.89. The molecule has 1 fully saturated rings. The van der Waals surface area contributed by atoms with E-state index in [1.807, 2.05) is 37.3 Å². The maximum atomic E-state index is 13.3. The van der Waals surface area contributed by atoms with Gasteiger partial charge in [-0.25, -0.2) is 13.2 Å². The van der Waals surface area contributed by atoms with Gasteiger partial charge in [-0.1, -0.05) is 48.0 Å². The summed E-state index contributed by atoms with van der Waals surface area (Å²) >= 11 is 0. The van der Waals surface area contributed by atoms with Crippen LogP contribution >= 0.6 is 0 Å². The highest BCUT2D eigenvalue weighted by molar-refractivity contribution is 7.89. The predicted molar refractivity (Wildman–Crippen MR) is 121 cm³/mol. The average molecular weight is 460 g/mol. The minimum Gasteiger partial charge on any atom is -0.450 e. The molecule has 0 aromatic heterocycles. The minimum atomic E-state index is -3.89. The van der Waals surface area contributed by atoms with E-state index in [4.69, 9.17) is 4.74 Å². The molecule has 0 unspecified atom stereocenters. The van der Waals surface area contributed by atoms with Crippen LogP contribution in [0.5, 0.6) is 0 Å². The van der Waals surface area contributed by atoms with Gasteiger partial charge in [0.15, 0.2) is 0 Å². The second kappa shape index (κ2) is 10.6. The Labute approximate surface area is 189 Å². The number of carbonyl (C=O) groups excluding carboxylic acids is 2. The fraction of sp³-hybridized carbons (Fsp3) is 0.391. The molecule has 0 spiro atoms. The van der Waals surface area contributed by atoms with Crippen molar-refractivity contribution in [1.29, 1.82) is 0 Å². The van der Waals surface area contributed by atoms with E-state index in [0.29, 0.717) is 26.2 Å². The van der Waals surface area contributed by atoms with Gasteiger partial charge in [0.1, 0.15) is 6.04 Å². The van der Waals surface area contributed by atoms with Crippen molar-refractivity contribution in [3.63, 3.8) is 0 Å². The lowest BCUT2D eigenvalue weighted by Gasteiger charge is -2.36. The van der Waals surface area contributed by atoms with Crippen LogP contribution in [0.15, 0.2) is 59.5 Å². The summed E-state index contributed by atoms with van der Waals surface area (Å²) in [4.78, 5) is 28.5. The summed E-state index contributed by atoms with van der Waals surface area (Å²) in [6, 6.07) is 14.8. The molecule has 0 aliphatic carbocycles. The smallest absolute Gasteiger partial charge is 0.409 e. The Morgan fingerprint density at radius 3 is 2.16 bits per heavy atom. The van der Waals surface area contributed by atoms with Crippen LogP contribution in [0.3, 0.4) is 0 Å². The first kappa shape index (κ1) is 23.7. The minimum absolute atomic E-state index is 0.112. The molecule has 0 bridgehead atoms. The molecule has 1 heterocycles. The summed E-state index contributed by atoms with van der Waals surface area (Å²) in [5.41, 5.74) is 1.79. The van der Waals surface area contributed by atoms with Crippen molar-refractivity contribution in [1.82, 2.24) is 14.5 Å². The molecule has 0 radical (unpaired) electrons. The van der Waals surface area contributed by atoms with Crippen LogP contribution in [0.1, 0.15) is 18.1 Å². The molecule has 1 N–H and O–H groups in total. The summed E-state index contributed by atoms with van der Waals surface area (Å²) in [6.45, 7) is 5.22. The number of piperazine rings is 1. The first-order chi connectivity index (χ1) is 15.3. The topological polar surface area (TPSA) is 96.0 Å². The lowest BCUT2D eigenvalue weighted by Crippen LogP contribution is -2.56. The van der Waals surface area contributed by atoms with E-state index in [1.54, 1.807) is 28.9 Å². The first-order valence-corrected chi connectivity index (χ1v) is 12.1. The summed E-state index contributed by atoms with van der Waals surface area (Å²) in [6.07, 6.45) is -0.177. The normalized spacial score (nSPS) is 15.3. The third-order valence-corrected chi connectivity index (χ3v) is 6.81. The Morgan fingerprint density at radius 2 is 1.56 bits per heavy atom. The number of benzene rings is 2. The van der Waals surface area contributed by atoms with Crippen molar-refractivity contribution in [2.75, 3.05) is 32.8 Å². The Hall–Kier alpha value is -2.91. The van der Waals surface area contributed by atoms with E-state index in [9.17, 15) is 18.0 Å². The van der Waals surface area contributed by atoms with Crippen LogP contribution in [0, 0.1) is 6.92 Å². The molecule has 8 nitrogen and oxygen atoms in total. The molecular formula is C23H29N3O5S. The van der Waals surface area contributed by atoms with Crippen molar-refractivity contribution >= 4 is 22.0 Å². The first-order valence-electron chi connectivity index (χ1n) is 10.6. The lowest BCUT2D eigenvalue weighted by molar-refractivity contribution is -0.134. The molecule has 0 saturated carbocycles. The number of nitrogens with zero attached hydrogens (tertiary/aromatic N) is 2. The van der Waals surface area contributed by atoms with E-state index in [-0.39, 0.29) is 23.8 Å². The van der Waals surface area contributed by atoms with Crippen LogP contribution in [0.2, 0.25) is 0 Å². The van der Waals surface area contributed by atoms with Gasteiger partial charge in [-0.2, -0.15) is 4.72 Å². The van der Waals surface area contributed by atoms with Gasteiger partial charge in [-0.15, -0.1) is 0 Å². The molecular weight excluding hydrogens is 430 g/mol. The molecule has 1 aliphatic rings. The predicted octanol–water partition coefficient (Wildman–Crippen LogP) is 2.19. The van der Waals surface area contributed by atoms with Crippen molar-refractivity contribution in [3.05, 3.63) is 65.7 Å². The quantitative estimate of drug-likeness (QED) is 0.685. The van der Waals surface area contributed by atoms with E-state index >= 15 is 0 Å². The Morgan fingerprint density at radius 1 is 0.969 bits per heavy atom. The number of nitrogens with one attached hydrogen (secondary N) is 1. The number of ether oxygens (including phenoxy) is 1. The van der Waals surface area contributed by atoms with E-state index < -0.39 is 22.2 Å². The standard InChI is InChI=1S/C23H29N3O5S/c1-3-31-23(28)26-15-13-25(14-16-26)22(27)21(17-19-7-5-4-6-8-19)24-32(29,30)20-11-9-18(2)10-12-20/h4-12,21,24H,3,13-17H2,1-2H3/t21-/m1/s1. The number of aryl methyl sites for hydroxylation is 1. The van der Waals surface area contributed by atoms with E-state index in [1.165, 1.54) is 12.1 Å². The van der Waals surface area contributed by atoms with Gasteiger partial charge in [0.2, 0.25) is 15.9 Å². The monoisotopic (exact) mass is 459 g/mol. The van der Waals surface area contributed by atoms with Gasteiger partial charge in [-0.3, -0.25) is 4.79 Å². The van der Waals surface area contributed by atoms with Gasteiger partial charge in [0, 0.05) is 26.2 Å². The van der Waals surface area contributed by atoms with Crippen molar-refractivity contribution in [2.45, 2.75) is 31.2 Å². The molecule has 3 rings (SSSR count). The van der Waals surface area contributed by atoms with Crippen LogP contribution < -0.4 is 4.72 Å². The third kappa shape index (κ3) is 6.08. The highest BCUT2D eigenvalue weighted by Crippen LogP contribution is 2.15. The zero-order valence-electron chi connectivity index (χ0n) is 18.4. The van der Waals surface area contributed by atoms with Crippen LogP contribution in [0.25, 0.3) is 0 Å². The molecule has 1 saturated heterocycles. The molecule has 1 aliphatic heterocycles. The van der Waals surface area contributed by atoms with Crippen LogP contribution in [-0.4, -0.2) is 69.0 Å². The van der Waals surface area contributed by atoms with Crippen molar-refractivity contribution in [2.24, 2.45) is 0 Å². The molecule has 172 valence electrons. The second-order valence-corrected chi connectivity index (χ2v) is 9.40. The number of amides is 2. The number of rotatable bonds is 7. The third-order valence-electron chi connectivity index (χ3n) is 5.33. The molecule has 1 atom stereocenters. The molecule has 9 heteroatoms. The summed E-state index contributed by atoms with van der Waals surface area (Å²) < 4.78 is 33.6. The number of hydrogen-bond acceptors (Lipinski definition) is 5. The van der Waals surface area contributed by atoms with E-state index in [2.05, 4.69) is 4.72 Å². The maximum absolute atomic E-state index is 13.3. The molecule has 2 amide bonds. The van der Waals surface area contributed by atoms with Gasteiger partial charge in [-0.05, 0) is 38.0 Å². The molecule has 2 aromatic rings.